The molecular weight excluding hydrogens is 246 g/mol. The molecule has 2 nitrogen and oxygen atoms in total. The van der Waals surface area contributed by atoms with E-state index in [4.69, 9.17) is 0 Å². The van der Waals surface area contributed by atoms with Gasteiger partial charge < -0.3 is 5.11 Å². The smallest absolute Gasteiger partial charge is 0.0942 e. The Balaban J connectivity index is 1.74. The van der Waals surface area contributed by atoms with Crippen molar-refractivity contribution in [3.8, 4) is 0 Å². The Labute approximate surface area is 120 Å². The Morgan fingerprint density at radius 3 is 2.05 bits per heavy atom. The van der Waals surface area contributed by atoms with E-state index in [1.807, 2.05) is 12.1 Å². The highest BCUT2D eigenvalue weighted by Gasteiger charge is 2.27. The summed E-state index contributed by atoms with van der Waals surface area (Å²) in [6, 6.07) is 16.8. The zero-order valence-corrected chi connectivity index (χ0v) is 12.1. The molecule has 0 saturated carbocycles. The van der Waals surface area contributed by atoms with Crippen LogP contribution in [0.1, 0.15) is 35.3 Å². The largest absolute Gasteiger partial charge is 0.387 e. The first-order valence-electron chi connectivity index (χ1n) is 7.20. The van der Waals surface area contributed by atoms with Crippen LogP contribution in [0.3, 0.4) is 0 Å². The molecule has 104 valence electrons. The fraction of sp³-hybridized carbons (Fsp3) is 0.333. The summed E-state index contributed by atoms with van der Waals surface area (Å²) in [5, 5.41) is 10.6. The van der Waals surface area contributed by atoms with Crippen LogP contribution in [0.15, 0.2) is 48.5 Å². The molecule has 2 unspecified atom stereocenters. The first-order chi connectivity index (χ1) is 9.65. The number of hydrogen-bond acceptors (Lipinski definition) is 2. The van der Waals surface area contributed by atoms with Crippen molar-refractivity contribution in [3.05, 3.63) is 70.8 Å². The van der Waals surface area contributed by atoms with Crippen molar-refractivity contribution in [3.63, 3.8) is 0 Å². The van der Waals surface area contributed by atoms with Crippen LogP contribution in [0.4, 0.5) is 0 Å². The second-order valence-corrected chi connectivity index (χ2v) is 5.77. The molecule has 3 rings (SSSR count). The second-order valence-electron chi connectivity index (χ2n) is 5.77. The van der Waals surface area contributed by atoms with Gasteiger partial charge in [0.2, 0.25) is 0 Å². The second kappa shape index (κ2) is 5.39. The van der Waals surface area contributed by atoms with E-state index < -0.39 is 6.10 Å². The number of aliphatic hydroxyl groups is 1. The minimum absolute atomic E-state index is 0.116. The van der Waals surface area contributed by atoms with Gasteiger partial charge in [0, 0.05) is 19.1 Å². The van der Waals surface area contributed by atoms with E-state index in [1.54, 1.807) is 0 Å². The van der Waals surface area contributed by atoms with Crippen LogP contribution < -0.4 is 0 Å². The average molecular weight is 267 g/mol. The van der Waals surface area contributed by atoms with Gasteiger partial charge >= 0.3 is 0 Å². The minimum Gasteiger partial charge on any atom is -0.387 e. The molecule has 20 heavy (non-hydrogen) atoms. The average Bonchev–Trinajstić information content (AvgIpc) is 2.90. The van der Waals surface area contributed by atoms with Crippen LogP contribution in [-0.4, -0.2) is 16.0 Å². The Morgan fingerprint density at radius 1 is 0.950 bits per heavy atom. The van der Waals surface area contributed by atoms with Crippen molar-refractivity contribution < 1.29 is 5.11 Å². The molecule has 0 bridgehead atoms. The van der Waals surface area contributed by atoms with Gasteiger partial charge in [0.05, 0.1) is 6.10 Å². The van der Waals surface area contributed by atoms with Gasteiger partial charge in [-0.25, -0.2) is 0 Å². The monoisotopic (exact) mass is 267 g/mol. The number of hydrogen-bond donors (Lipinski definition) is 1. The van der Waals surface area contributed by atoms with E-state index in [1.165, 1.54) is 16.7 Å². The highest BCUT2D eigenvalue weighted by molar-refractivity contribution is 5.31. The molecule has 0 saturated heterocycles. The molecule has 0 spiro atoms. The lowest BCUT2D eigenvalue weighted by molar-refractivity contribution is 0.0559. The summed E-state index contributed by atoms with van der Waals surface area (Å²) in [6.07, 6.45) is -0.440. The third kappa shape index (κ3) is 2.49. The van der Waals surface area contributed by atoms with Crippen LogP contribution >= 0.6 is 0 Å². The maximum absolute atomic E-state index is 10.6. The lowest BCUT2D eigenvalue weighted by atomic mass is 10.0. The highest BCUT2D eigenvalue weighted by atomic mass is 16.3. The van der Waals surface area contributed by atoms with E-state index >= 15 is 0 Å². The summed E-state index contributed by atoms with van der Waals surface area (Å²) < 4.78 is 0. The van der Waals surface area contributed by atoms with E-state index in [2.05, 4.69) is 55.1 Å². The molecule has 0 aromatic heterocycles. The first-order valence-corrected chi connectivity index (χ1v) is 7.20. The van der Waals surface area contributed by atoms with Gasteiger partial charge in [-0.2, -0.15) is 0 Å². The summed E-state index contributed by atoms with van der Waals surface area (Å²) in [6.45, 7) is 6.04. The number of aliphatic hydroxyl groups excluding tert-OH is 1. The zero-order valence-electron chi connectivity index (χ0n) is 12.1. The van der Waals surface area contributed by atoms with Crippen molar-refractivity contribution in [1.82, 2.24) is 4.90 Å². The van der Waals surface area contributed by atoms with Crippen molar-refractivity contribution >= 4 is 0 Å². The van der Waals surface area contributed by atoms with Gasteiger partial charge in [0.25, 0.3) is 0 Å². The Kier molecular flexibility index (Phi) is 3.60. The summed E-state index contributed by atoms with van der Waals surface area (Å²) in [7, 11) is 0. The van der Waals surface area contributed by atoms with E-state index in [0.29, 0.717) is 0 Å². The molecule has 2 aromatic carbocycles. The molecule has 2 heteroatoms. The molecule has 2 atom stereocenters. The summed E-state index contributed by atoms with van der Waals surface area (Å²) >= 11 is 0. The molecule has 1 N–H and O–H groups in total. The molecule has 0 fully saturated rings. The summed E-state index contributed by atoms with van der Waals surface area (Å²) in [5.74, 6) is 0. The van der Waals surface area contributed by atoms with Gasteiger partial charge in [-0.3, -0.25) is 4.90 Å². The van der Waals surface area contributed by atoms with Crippen LogP contribution in [-0.2, 0) is 13.1 Å². The number of fused-ring (bicyclic) bond motifs is 1. The van der Waals surface area contributed by atoms with Crippen LogP contribution in [0.5, 0.6) is 0 Å². The van der Waals surface area contributed by atoms with E-state index in [-0.39, 0.29) is 6.04 Å². The Hall–Kier alpha value is -1.64. The molecule has 0 aliphatic carbocycles. The van der Waals surface area contributed by atoms with Crippen molar-refractivity contribution in [2.75, 3.05) is 0 Å². The van der Waals surface area contributed by atoms with Gasteiger partial charge in [0.15, 0.2) is 0 Å². The minimum atomic E-state index is -0.440. The molecule has 0 amide bonds. The van der Waals surface area contributed by atoms with Gasteiger partial charge in [-0.1, -0.05) is 54.1 Å². The number of aryl methyl sites for hydroxylation is 1. The molecule has 0 radical (unpaired) electrons. The first kappa shape index (κ1) is 13.3. The number of benzene rings is 2. The fourth-order valence-electron chi connectivity index (χ4n) is 2.89. The fourth-order valence-corrected chi connectivity index (χ4v) is 2.89. The van der Waals surface area contributed by atoms with Gasteiger partial charge in [-0.15, -0.1) is 0 Å². The molecule has 2 aromatic rings. The summed E-state index contributed by atoms with van der Waals surface area (Å²) in [4.78, 5) is 2.34. The molecular formula is C18H21NO. The topological polar surface area (TPSA) is 23.5 Å². The van der Waals surface area contributed by atoms with Crippen molar-refractivity contribution in [1.29, 1.82) is 0 Å². The molecule has 1 heterocycles. The van der Waals surface area contributed by atoms with Crippen molar-refractivity contribution in [2.45, 2.75) is 39.1 Å². The third-order valence-corrected chi connectivity index (χ3v) is 4.32. The lowest BCUT2D eigenvalue weighted by Gasteiger charge is -2.28. The highest BCUT2D eigenvalue weighted by Crippen LogP contribution is 2.29. The van der Waals surface area contributed by atoms with Crippen LogP contribution in [0.2, 0.25) is 0 Å². The summed E-state index contributed by atoms with van der Waals surface area (Å²) in [5.41, 5.74) is 4.99. The predicted octanol–water partition coefficient (Wildman–Crippen LogP) is 3.43. The SMILES string of the molecule is Cc1ccc(C(O)C(C)N2Cc3ccccc3C2)cc1. The van der Waals surface area contributed by atoms with E-state index in [9.17, 15) is 5.11 Å². The normalized spacial score (nSPS) is 17.8. The van der Waals surface area contributed by atoms with Gasteiger partial charge in [-0.05, 0) is 30.5 Å². The number of rotatable bonds is 3. The standard InChI is InChI=1S/C18H21NO/c1-13-7-9-15(10-8-13)18(20)14(2)19-11-16-5-3-4-6-17(16)12-19/h3-10,14,18,20H,11-12H2,1-2H3. The third-order valence-electron chi connectivity index (χ3n) is 4.32. The number of nitrogens with zero attached hydrogens (tertiary/aromatic N) is 1. The van der Waals surface area contributed by atoms with Gasteiger partial charge in [0.1, 0.15) is 0 Å². The van der Waals surface area contributed by atoms with Crippen molar-refractivity contribution in [2.24, 2.45) is 0 Å². The maximum atomic E-state index is 10.6. The maximum Gasteiger partial charge on any atom is 0.0942 e. The lowest BCUT2D eigenvalue weighted by Crippen LogP contribution is -2.33. The van der Waals surface area contributed by atoms with Crippen LogP contribution in [0.25, 0.3) is 0 Å². The quantitative estimate of drug-likeness (QED) is 0.921. The molecule has 1 aliphatic rings. The van der Waals surface area contributed by atoms with E-state index in [0.717, 1.165) is 18.7 Å². The molecule has 1 aliphatic heterocycles. The predicted molar refractivity (Wildman–Crippen MR) is 81.3 cm³/mol. The Bertz CT molecular complexity index is 566. The zero-order chi connectivity index (χ0) is 14.1. The van der Waals surface area contributed by atoms with Crippen LogP contribution in [0, 0.1) is 6.92 Å². The Morgan fingerprint density at radius 2 is 1.50 bits per heavy atom.